The van der Waals surface area contributed by atoms with Crippen LogP contribution in [0.15, 0.2) is 23.2 Å². The number of benzene rings is 1. The minimum Gasteiger partial charge on any atom is -0.504 e. The second-order valence-electron chi connectivity index (χ2n) is 4.89. The average Bonchev–Trinajstić information content (AvgIpc) is 2.37. The Kier molecular flexibility index (Phi) is 6.03. The molecule has 0 amide bonds. The summed E-state index contributed by atoms with van der Waals surface area (Å²) < 4.78 is 5.27. The molecule has 1 rings (SSSR count). The van der Waals surface area contributed by atoms with Gasteiger partial charge in [-0.2, -0.15) is 0 Å². The van der Waals surface area contributed by atoms with Crippen molar-refractivity contribution in [2.75, 3.05) is 6.61 Å². The van der Waals surface area contributed by atoms with Crippen LogP contribution >= 0.6 is 0 Å². The first-order valence-corrected chi connectivity index (χ1v) is 6.66. The van der Waals surface area contributed by atoms with Gasteiger partial charge < -0.3 is 14.9 Å². The monoisotopic (exact) mass is 279 g/mol. The van der Waals surface area contributed by atoms with Gasteiger partial charge in [0.1, 0.15) is 6.04 Å². The maximum atomic E-state index is 11.1. The van der Waals surface area contributed by atoms with Crippen molar-refractivity contribution in [1.29, 1.82) is 0 Å². The van der Waals surface area contributed by atoms with E-state index in [1.54, 1.807) is 18.2 Å². The quantitative estimate of drug-likeness (QED) is 0.752. The van der Waals surface area contributed by atoms with E-state index in [2.05, 4.69) is 4.99 Å². The van der Waals surface area contributed by atoms with Gasteiger partial charge in [0.15, 0.2) is 11.5 Å². The molecule has 0 unspecified atom stereocenters. The molecular formula is C15H21NO4. The lowest BCUT2D eigenvalue weighted by Crippen LogP contribution is -2.20. The molecule has 0 radical (unpaired) electrons. The van der Waals surface area contributed by atoms with Gasteiger partial charge in [0.25, 0.3) is 0 Å². The van der Waals surface area contributed by atoms with Crippen molar-refractivity contribution >= 4 is 12.2 Å². The summed E-state index contributed by atoms with van der Waals surface area (Å²) in [5.41, 5.74) is 0.450. The van der Waals surface area contributed by atoms with E-state index < -0.39 is 12.0 Å². The number of hydrogen-bond acceptors (Lipinski definition) is 4. The lowest BCUT2D eigenvalue weighted by molar-refractivity contribution is -0.138. The van der Waals surface area contributed by atoms with Crippen molar-refractivity contribution in [3.63, 3.8) is 0 Å². The molecule has 0 aliphatic heterocycles. The summed E-state index contributed by atoms with van der Waals surface area (Å²) in [5.74, 6) is -0.383. The molecular weight excluding hydrogens is 258 g/mol. The van der Waals surface area contributed by atoms with E-state index in [1.165, 1.54) is 6.21 Å². The average molecular weight is 279 g/mol. The number of phenols is 1. The molecule has 1 atom stereocenters. The third kappa shape index (κ3) is 4.57. The molecule has 0 heterocycles. The maximum absolute atomic E-state index is 11.1. The molecule has 5 heteroatoms. The summed E-state index contributed by atoms with van der Waals surface area (Å²) in [5, 5.41) is 19.1. The van der Waals surface area contributed by atoms with Gasteiger partial charge >= 0.3 is 5.97 Å². The number of aromatic hydroxyl groups is 1. The highest BCUT2D eigenvalue weighted by atomic mass is 16.5. The lowest BCUT2D eigenvalue weighted by atomic mass is 10.0. The van der Waals surface area contributed by atoms with Gasteiger partial charge in [0.2, 0.25) is 0 Å². The Morgan fingerprint density at radius 3 is 2.70 bits per heavy atom. The first-order chi connectivity index (χ1) is 9.45. The summed E-state index contributed by atoms with van der Waals surface area (Å²) >= 11 is 0. The Balaban J connectivity index is 2.92. The van der Waals surface area contributed by atoms with Crippen molar-refractivity contribution in [3.05, 3.63) is 23.8 Å². The Labute approximate surface area is 118 Å². The number of rotatable bonds is 7. The number of para-hydroxylation sites is 1. The van der Waals surface area contributed by atoms with E-state index in [0.29, 0.717) is 24.3 Å². The van der Waals surface area contributed by atoms with Gasteiger partial charge in [-0.15, -0.1) is 0 Å². The zero-order valence-corrected chi connectivity index (χ0v) is 12.0. The van der Waals surface area contributed by atoms with E-state index in [0.717, 1.165) is 0 Å². The molecule has 2 N–H and O–H groups in total. The fourth-order valence-corrected chi connectivity index (χ4v) is 1.76. The van der Waals surface area contributed by atoms with E-state index in [4.69, 9.17) is 9.84 Å². The molecule has 20 heavy (non-hydrogen) atoms. The number of carbonyl (C=O) groups is 1. The fourth-order valence-electron chi connectivity index (χ4n) is 1.76. The number of phenolic OH excluding ortho intramolecular Hbond substituents is 1. The number of carboxylic acid groups (broad SMARTS) is 1. The van der Waals surface area contributed by atoms with Gasteiger partial charge in [-0.25, -0.2) is 4.79 Å². The third-order valence-electron chi connectivity index (χ3n) is 2.70. The highest BCUT2D eigenvalue weighted by Crippen LogP contribution is 2.28. The number of aliphatic carboxylic acids is 1. The molecule has 110 valence electrons. The zero-order valence-electron chi connectivity index (χ0n) is 12.0. The van der Waals surface area contributed by atoms with Crippen LogP contribution in [0.1, 0.15) is 32.8 Å². The molecule has 1 aromatic carbocycles. The Bertz CT molecular complexity index is 483. The summed E-state index contributed by atoms with van der Waals surface area (Å²) in [6, 6.07) is 4.24. The Morgan fingerprint density at radius 2 is 2.15 bits per heavy atom. The Morgan fingerprint density at radius 1 is 1.45 bits per heavy atom. The van der Waals surface area contributed by atoms with Crippen LogP contribution in [-0.4, -0.2) is 35.0 Å². The second kappa shape index (κ2) is 7.53. The Hall–Kier alpha value is -2.04. The van der Waals surface area contributed by atoms with Gasteiger partial charge in [-0.1, -0.05) is 19.9 Å². The van der Waals surface area contributed by atoms with Crippen LogP contribution in [0.4, 0.5) is 0 Å². The molecule has 0 saturated carbocycles. The van der Waals surface area contributed by atoms with Crippen LogP contribution in [0.5, 0.6) is 11.5 Å². The van der Waals surface area contributed by atoms with Crippen LogP contribution in [0.2, 0.25) is 0 Å². The lowest BCUT2D eigenvalue weighted by Gasteiger charge is -2.10. The summed E-state index contributed by atoms with van der Waals surface area (Å²) in [7, 11) is 0. The van der Waals surface area contributed by atoms with Crippen molar-refractivity contribution < 1.29 is 19.7 Å². The molecule has 0 aromatic heterocycles. The molecule has 1 aromatic rings. The van der Waals surface area contributed by atoms with Gasteiger partial charge in [0, 0.05) is 11.8 Å². The van der Waals surface area contributed by atoms with Crippen molar-refractivity contribution in [3.8, 4) is 11.5 Å². The normalized spacial score (nSPS) is 12.8. The smallest absolute Gasteiger partial charge is 0.328 e. The van der Waals surface area contributed by atoms with E-state index in [1.807, 2.05) is 20.8 Å². The van der Waals surface area contributed by atoms with Gasteiger partial charge in [0.05, 0.1) is 6.61 Å². The summed E-state index contributed by atoms with van der Waals surface area (Å²) in [6.07, 6.45) is 1.84. The predicted molar refractivity (Wildman–Crippen MR) is 77.7 cm³/mol. The first kappa shape index (κ1) is 16.0. The summed E-state index contributed by atoms with van der Waals surface area (Å²) in [6.45, 7) is 6.15. The van der Waals surface area contributed by atoms with Crippen molar-refractivity contribution in [1.82, 2.24) is 0 Å². The number of carboxylic acids is 1. The highest BCUT2D eigenvalue weighted by Gasteiger charge is 2.17. The number of hydrogen-bond donors (Lipinski definition) is 2. The van der Waals surface area contributed by atoms with Crippen LogP contribution < -0.4 is 4.74 Å². The predicted octanol–water partition coefficient (Wildman–Crippen LogP) is 2.71. The van der Waals surface area contributed by atoms with Crippen LogP contribution in [0.25, 0.3) is 0 Å². The van der Waals surface area contributed by atoms with Gasteiger partial charge in [-0.3, -0.25) is 4.99 Å². The van der Waals surface area contributed by atoms with E-state index >= 15 is 0 Å². The van der Waals surface area contributed by atoms with E-state index in [9.17, 15) is 9.90 Å². The summed E-state index contributed by atoms with van der Waals surface area (Å²) in [4.78, 5) is 15.2. The molecule has 0 aliphatic rings. The number of nitrogens with zero attached hydrogens (tertiary/aromatic N) is 1. The van der Waals surface area contributed by atoms with Crippen LogP contribution in [0, 0.1) is 5.92 Å². The van der Waals surface area contributed by atoms with Crippen LogP contribution in [0.3, 0.4) is 0 Å². The van der Waals surface area contributed by atoms with E-state index in [-0.39, 0.29) is 11.7 Å². The molecule has 5 nitrogen and oxygen atoms in total. The third-order valence-corrected chi connectivity index (χ3v) is 2.70. The fraction of sp³-hybridized carbons (Fsp3) is 0.467. The largest absolute Gasteiger partial charge is 0.504 e. The highest BCUT2D eigenvalue weighted by molar-refractivity contribution is 5.87. The molecule has 0 aliphatic carbocycles. The zero-order chi connectivity index (χ0) is 15.1. The molecule has 0 bridgehead atoms. The van der Waals surface area contributed by atoms with Crippen molar-refractivity contribution in [2.45, 2.75) is 33.2 Å². The standard InChI is InChI=1S/C15H21NO4/c1-4-20-13-7-5-6-11(14(13)17)9-16-12(15(18)19)8-10(2)3/h5-7,9-10,12,17H,4,8H2,1-3H3,(H,18,19)/t12-/m0/s1. The molecule has 0 saturated heterocycles. The van der Waals surface area contributed by atoms with Crippen molar-refractivity contribution in [2.24, 2.45) is 10.9 Å². The minimum atomic E-state index is -0.963. The maximum Gasteiger partial charge on any atom is 0.328 e. The molecule has 0 fully saturated rings. The number of ether oxygens (including phenoxy) is 1. The SMILES string of the molecule is CCOc1cccc(C=N[C@@H](CC(C)C)C(=O)O)c1O. The minimum absolute atomic E-state index is 0.0215. The number of aliphatic imine (C=N–C) groups is 1. The van der Waals surface area contributed by atoms with Crippen LogP contribution in [-0.2, 0) is 4.79 Å². The topological polar surface area (TPSA) is 79.1 Å². The molecule has 0 spiro atoms. The second-order valence-corrected chi connectivity index (χ2v) is 4.89. The van der Waals surface area contributed by atoms with Gasteiger partial charge in [-0.05, 0) is 31.4 Å². The first-order valence-electron chi connectivity index (χ1n) is 6.66.